The number of ether oxygens (including phenoxy) is 3. The van der Waals surface area contributed by atoms with Crippen LogP contribution in [0.5, 0.6) is 11.5 Å². The molecule has 1 aliphatic heterocycles. The van der Waals surface area contributed by atoms with Gasteiger partial charge in [-0.25, -0.2) is 9.79 Å². The fourth-order valence-corrected chi connectivity index (χ4v) is 7.34. The zero-order chi connectivity index (χ0) is 30.1. The smallest absolute Gasteiger partial charge is 0.338 e. The third kappa shape index (κ3) is 5.59. The molecule has 8 nitrogen and oxygen atoms in total. The predicted molar refractivity (Wildman–Crippen MR) is 165 cm³/mol. The van der Waals surface area contributed by atoms with E-state index < -0.39 is 12.0 Å². The van der Waals surface area contributed by atoms with Crippen molar-refractivity contribution in [3.63, 3.8) is 0 Å². The van der Waals surface area contributed by atoms with E-state index in [9.17, 15) is 9.59 Å². The fourth-order valence-electron chi connectivity index (χ4n) is 6.30. The predicted octanol–water partition coefficient (Wildman–Crippen LogP) is 5.52. The summed E-state index contributed by atoms with van der Waals surface area (Å²) < 4.78 is 21.7. The lowest BCUT2D eigenvalue weighted by molar-refractivity contribution is -0.139. The van der Waals surface area contributed by atoms with Crippen molar-refractivity contribution >= 4 is 23.4 Å². The zero-order valence-corrected chi connectivity index (χ0v) is 26.5. The van der Waals surface area contributed by atoms with Crippen LogP contribution in [0.4, 0.5) is 0 Å². The molecule has 5 rings (SSSR count). The van der Waals surface area contributed by atoms with Gasteiger partial charge >= 0.3 is 5.97 Å². The summed E-state index contributed by atoms with van der Waals surface area (Å²) >= 11 is 1.34. The van der Waals surface area contributed by atoms with E-state index in [1.54, 1.807) is 25.5 Å². The second-order valence-electron chi connectivity index (χ2n) is 11.4. The number of allylic oxidation sites excluding steroid dienone is 1. The zero-order valence-electron chi connectivity index (χ0n) is 25.7. The number of carbonyl (C=O) groups excluding carboxylic acids is 1. The Bertz CT molecular complexity index is 1700. The molecule has 42 heavy (non-hydrogen) atoms. The normalized spacial score (nSPS) is 17.8. The van der Waals surface area contributed by atoms with Gasteiger partial charge in [0, 0.05) is 17.4 Å². The number of nitrogens with zero attached hydrogens (tertiary/aromatic N) is 3. The van der Waals surface area contributed by atoms with Crippen LogP contribution in [-0.4, -0.2) is 34.9 Å². The Morgan fingerprint density at radius 2 is 1.83 bits per heavy atom. The second-order valence-corrected chi connectivity index (χ2v) is 12.4. The average Bonchev–Trinajstić information content (AvgIpc) is 3.41. The molecule has 2 aliphatic rings. The molecule has 1 atom stereocenters. The first-order valence-electron chi connectivity index (χ1n) is 14.9. The van der Waals surface area contributed by atoms with Crippen LogP contribution in [0.1, 0.15) is 94.4 Å². The number of rotatable bonds is 8. The highest BCUT2D eigenvalue weighted by Gasteiger charge is 2.34. The van der Waals surface area contributed by atoms with E-state index in [4.69, 9.17) is 19.2 Å². The molecule has 0 amide bonds. The third-order valence-electron chi connectivity index (χ3n) is 8.13. The van der Waals surface area contributed by atoms with Gasteiger partial charge in [-0.05, 0) is 89.8 Å². The van der Waals surface area contributed by atoms with Crippen molar-refractivity contribution in [1.29, 1.82) is 0 Å². The van der Waals surface area contributed by atoms with Crippen molar-refractivity contribution in [1.82, 2.24) is 9.13 Å². The summed E-state index contributed by atoms with van der Waals surface area (Å²) in [5.74, 6) is 0.627. The van der Waals surface area contributed by atoms with Crippen molar-refractivity contribution in [3.8, 4) is 11.5 Å². The maximum absolute atomic E-state index is 14.2. The van der Waals surface area contributed by atoms with Crippen LogP contribution < -0.4 is 24.4 Å². The third-order valence-corrected chi connectivity index (χ3v) is 9.12. The van der Waals surface area contributed by atoms with Gasteiger partial charge in [-0.1, -0.05) is 36.7 Å². The largest absolute Gasteiger partial charge is 0.493 e. The maximum atomic E-state index is 14.2. The molecule has 3 aromatic rings. The Labute approximate surface area is 251 Å². The lowest BCUT2D eigenvalue weighted by Crippen LogP contribution is -2.40. The van der Waals surface area contributed by atoms with E-state index in [0.29, 0.717) is 43.7 Å². The number of hydrogen-bond acceptors (Lipinski definition) is 7. The van der Waals surface area contributed by atoms with Crippen molar-refractivity contribution in [3.05, 3.63) is 77.7 Å². The van der Waals surface area contributed by atoms with E-state index in [1.807, 2.05) is 38.1 Å². The van der Waals surface area contributed by atoms with Crippen LogP contribution in [-0.2, 0) is 9.53 Å². The van der Waals surface area contributed by atoms with Gasteiger partial charge in [0.15, 0.2) is 16.3 Å². The molecule has 3 heterocycles. The van der Waals surface area contributed by atoms with Crippen LogP contribution in [0, 0.1) is 13.8 Å². The molecular weight excluding hydrogens is 550 g/mol. The highest BCUT2D eigenvalue weighted by Crippen LogP contribution is 2.37. The molecule has 0 N–H and O–H groups in total. The number of aryl methyl sites for hydroxylation is 1. The highest BCUT2D eigenvalue weighted by atomic mass is 32.1. The number of methoxy groups -OCH3 is 1. The first kappa shape index (κ1) is 29.9. The first-order chi connectivity index (χ1) is 20.1. The minimum absolute atomic E-state index is 0.0419. The van der Waals surface area contributed by atoms with Gasteiger partial charge in [-0.3, -0.25) is 9.36 Å². The van der Waals surface area contributed by atoms with E-state index in [1.165, 1.54) is 54.8 Å². The van der Waals surface area contributed by atoms with E-state index in [0.717, 1.165) is 5.56 Å². The number of fused-ring (bicyclic) bond motifs is 1. The summed E-state index contributed by atoms with van der Waals surface area (Å²) in [5.41, 5.74) is 4.82. The van der Waals surface area contributed by atoms with Crippen LogP contribution in [0.2, 0.25) is 0 Å². The molecule has 1 fully saturated rings. The molecule has 1 aliphatic carbocycles. The van der Waals surface area contributed by atoms with E-state index in [2.05, 4.69) is 24.5 Å². The Morgan fingerprint density at radius 3 is 2.50 bits per heavy atom. The summed E-state index contributed by atoms with van der Waals surface area (Å²) in [4.78, 5) is 32.7. The number of benzene rings is 1. The second kappa shape index (κ2) is 12.3. The SMILES string of the molecule is CCOC(=O)C1=C(C)N=c2s/c(=C\c3cc(C)n(C4CCCCC4)c3C)c(=O)n2[C@H]1c1ccc(OC(C)C)c(OC)c1. The Hall–Kier alpha value is -3.59. The Balaban J connectivity index is 1.66. The summed E-state index contributed by atoms with van der Waals surface area (Å²) in [7, 11) is 1.58. The van der Waals surface area contributed by atoms with Gasteiger partial charge in [0.05, 0.1) is 41.7 Å². The number of carbonyl (C=O) groups is 1. The van der Waals surface area contributed by atoms with Crippen molar-refractivity contribution in [2.45, 2.75) is 91.8 Å². The number of hydrogen-bond donors (Lipinski definition) is 0. The monoisotopic (exact) mass is 591 g/mol. The number of esters is 1. The molecule has 2 aromatic heterocycles. The Kier molecular flexibility index (Phi) is 8.78. The lowest BCUT2D eigenvalue weighted by Gasteiger charge is -2.26. The molecular formula is C33H41N3O5S. The molecule has 0 bridgehead atoms. The minimum atomic E-state index is -0.723. The molecule has 1 saturated carbocycles. The average molecular weight is 592 g/mol. The van der Waals surface area contributed by atoms with Crippen molar-refractivity contribution in [2.24, 2.45) is 4.99 Å². The van der Waals surface area contributed by atoms with E-state index in [-0.39, 0.29) is 18.3 Å². The summed E-state index contributed by atoms with van der Waals surface area (Å²) in [6.07, 6.45) is 8.14. The molecule has 0 unspecified atom stereocenters. The molecule has 224 valence electrons. The van der Waals surface area contributed by atoms with Crippen LogP contribution in [0.25, 0.3) is 6.08 Å². The van der Waals surface area contributed by atoms with Gasteiger partial charge < -0.3 is 18.8 Å². The topological polar surface area (TPSA) is 84.1 Å². The van der Waals surface area contributed by atoms with Gasteiger partial charge in [-0.2, -0.15) is 0 Å². The quantitative estimate of drug-likeness (QED) is 0.322. The van der Waals surface area contributed by atoms with Crippen molar-refractivity contribution < 1.29 is 19.0 Å². The number of thiazole rings is 1. The van der Waals surface area contributed by atoms with Gasteiger partial charge in [0.25, 0.3) is 5.56 Å². The van der Waals surface area contributed by atoms with Crippen LogP contribution >= 0.6 is 11.3 Å². The maximum Gasteiger partial charge on any atom is 0.338 e. The molecule has 0 spiro atoms. The van der Waals surface area contributed by atoms with Crippen LogP contribution in [0.3, 0.4) is 0 Å². The fraction of sp³-hybridized carbons (Fsp3) is 0.485. The standard InChI is InChI=1S/C33H41N3O5S/c1-8-40-32(38)29-21(5)34-33-36(30(29)23-14-15-26(41-19(2)3)27(17-23)39-7)31(37)28(42-33)18-24-16-20(4)35(22(24)6)25-12-10-9-11-13-25/h14-19,25,30H,8-13H2,1-7H3/b28-18-/t30-/m0/s1. The first-order valence-corrected chi connectivity index (χ1v) is 15.7. The van der Waals surface area contributed by atoms with E-state index >= 15 is 0 Å². The molecule has 0 saturated heterocycles. The molecule has 9 heteroatoms. The highest BCUT2D eigenvalue weighted by molar-refractivity contribution is 7.07. The lowest BCUT2D eigenvalue weighted by atomic mass is 9.95. The summed E-state index contributed by atoms with van der Waals surface area (Å²) in [6, 6.07) is 7.48. The van der Waals surface area contributed by atoms with Crippen LogP contribution in [0.15, 0.2) is 45.3 Å². The minimum Gasteiger partial charge on any atom is -0.493 e. The van der Waals surface area contributed by atoms with Crippen molar-refractivity contribution in [2.75, 3.05) is 13.7 Å². The Morgan fingerprint density at radius 1 is 1.10 bits per heavy atom. The van der Waals surface area contributed by atoms with Gasteiger partial charge in [0.2, 0.25) is 0 Å². The van der Waals surface area contributed by atoms with Gasteiger partial charge in [-0.15, -0.1) is 0 Å². The summed E-state index contributed by atoms with van der Waals surface area (Å²) in [6.45, 7) is 12.0. The van der Waals surface area contributed by atoms with Gasteiger partial charge in [0.1, 0.15) is 0 Å². The summed E-state index contributed by atoms with van der Waals surface area (Å²) in [5, 5.41) is 0. The molecule has 1 aromatic carbocycles. The number of aromatic nitrogens is 2. The molecule has 0 radical (unpaired) electrons.